The van der Waals surface area contributed by atoms with Crippen molar-refractivity contribution in [1.82, 2.24) is 11.0 Å². The first-order valence-corrected chi connectivity index (χ1v) is 3.90. The van der Waals surface area contributed by atoms with Gasteiger partial charge in [-0.25, -0.2) is 5.53 Å². The summed E-state index contributed by atoms with van der Waals surface area (Å²) in [6, 6.07) is 0.0614. The van der Waals surface area contributed by atoms with E-state index in [0.717, 1.165) is 12.0 Å². The summed E-state index contributed by atoms with van der Waals surface area (Å²) in [5, 5.41) is 7.55. The summed E-state index contributed by atoms with van der Waals surface area (Å²) < 4.78 is 0. The molecule has 2 atom stereocenters. The molecule has 4 N–H and O–H groups in total. The Morgan fingerprint density at radius 1 is 1.58 bits per heavy atom. The highest BCUT2D eigenvalue weighted by atomic mass is 15.7. The molecule has 2 rings (SSSR count). The minimum atomic E-state index is -0.0926. The number of nitrogens with one attached hydrogen (secondary N) is 2. The predicted octanol–water partition coefficient (Wildman–Crippen LogP) is 0.00110. The largest absolute Gasteiger partial charge is 0.324 e. The smallest absolute Gasteiger partial charge is 0.164 e. The van der Waals surface area contributed by atoms with E-state index in [-0.39, 0.29) is 12.2 Å². The van der Waals surface area contributed by atoms with Gasteiger partial charge >= 0.3 is 0 Å². The van der Waals surface area contributed by atoms with E-state index in [2.05, 4.69) is 21.3 Å². The average Bonchev–Trinajstić information content (AvgIpc) is 2.57. The van der Waals surface area contributed by atoms with E-state index in [1.54, 1.807) is 0 Å². The van der Waals surface area contributed by atoms with E-state index in [9.17, 15) is 0 Å². The van der Waals surface area contributed by atoms with Crippen LogP contribution in [0.25, 0.3) is 0 Å². The molecule has 1 aliphatic heterocycles. The third-order valence-corrected chi connectivity index (χ3v) is 1.98. The summed E-state index contributed by atoms with van der Waals surface area (Å²) in [6.45, 7) is 0. The molecule has 12 heavy (non-hydrogen) atoms. The highest BCUT2D eigenvalue weighted by Crippen LogP contribution is 2.16. The maximum atomic E-state index is 5.87. The monoisotopic (exact) mass is 165 g/mol. The molecule has 2 unspecified atom stereocenters. The number of rotatable bonds is 1. The van der Waals surface area contributed by atoms with Gasteiger partial charge in [-0.2, -0.15) is 5.43 Å². The zero-order chi connectivity index (χ0) is 8.39. The van der Waals surface area contributed by atoms with Gasteiger partial charge in [-0.15, -0.1) is 5.11 Å². The van der Waals surface area contributed by atoms with E-state index < -0.39 is 0 Å². The van der Waals surface area contributed by atoms with Crippen LogP contribution in [0.15, 0.2) is 34.1 Å². The van der Waals surface area contributed by atoms with Gasteiger partial charge in [0.05, 0.1) is 0 Å². The van der Waals surface area contributed by atoms with Crippen LogP contribution in [0.3, 0.4) is 0 Å². The summed E-state index contributed by atoms with van der Waals surface area (Å²) in [4.78, 5) is 0. The molecular formula is C7H11N5. The normalized spacial score (nSPS) is 33.2. The van der Waals surface area contributed by atoms with Crippen LogP contribution in [0, 0.1) is 0 Å². The average molecular weight is 165 g/mol. The fourth-order valence-electron chi connectivity index (χ4n) is 1.31. The van der Waals surface area contributed by atoms with Crippen LogP contribution in [0.4, 0.5) is 0 Å². The third-order valence-electron chi connectivity index (χ3n) is 1.98. The van der Waals surface area contributed by atoms with Crippen LogP contribution < -0.4 is 16.7 Å². The van der Waals surface area contributed by atoms with Crippen LogP contribution in [0.1, 0.15) is 6.42 Å². The van der Waals surface area contributed by atoms with Gasteiger partial charge in [-0.05, 0) is 12.0 Å². The Kier molecular flexibility index (Phi) is 1.89. The highest BCUT2D eigenvalue weighted by molar-refractivity contribution is 5.27. The molecule has 0 aromatic carbocycles. The quantitative estimate of drug-likeness (QED) is 0.512. The Balaban J connectivity index is 2.15. The van der Waals surface area contributed by atoms with Gasteiger partial charge in [0, 0.05) is 6.04 Å². The zero-order valence-electron chi connectivity index (χ0n) is 6.57. The predicted molar refractivity (Wildman–Crippen MR) is 44.7 cm³/mol. The first kappa shape index (κ1) is 7.45. The van der Waals surface area contributed by atoms with Gasteiger partial charge in [-0.1, -0.05) is 23.5 Å². The van der Waals surface area contributed by atoms with E-state index in [1.165, 1.54) is 0 Å². The SMILES string of the molecule is NC1CC=CC=C1C1N=NNN1. The molecule has 0 saturated carbocycles. The van der Waals surface area contributed by atoms with Crippen molar-refractivity contribution in [2.45, 2.75) is 18.6 Å². The molecule has 64 valence electrons. The van der Waals surface area contributed by atoms with E-state index >= 15 is 0 Å². The van der Waals surface area contributed by atoms with Crippen LogP contribution in [0.2, 0.25) is 0 Å². The molecule has 2 aliphatic rings. The summed E-state index contributed by atoms with van der Waals surface area (Å²) >= 11 is 0. The molecule has 1 heterocycles. The Morgan fingerprint density at radius 3 is 3.17 bits per heavy atom. The Bertz CT molecular complexity index is 255. The molecular weight excluding hydrogens is 154 g/mol. The van der Waals surface area contributed by atoms with Crippen LogP contribution in [-0.4, -0.2) is 12.2 Å². The molecule has 0 aromatic rings. The Morgan fingerprint density at radius 2 is 2.50 bits per heavy atom. The number of hydrazine groups is 1. The molecule has 0 spiro atoms. The third kappa shape index (κ3) is 1.24. The van der Waals surface area contributed by atoms with Crippen molar-refractivity contribution < 1.29 is 0 Å². The zero-order valence-corrected chi connectivity index (χ0v) is 6.57. The maximum absolute atomic E-state index is 5.87. The number of nitrogens with zero attached hydrogens (tertiary/aromatic N) is 2. The summed E-state index contributed by atoms with van der Waals surface area (Å²) in [6.07, 6.45) is 6.81. The standard InChI is InChI=1S/C7H11N5/c8-6-4-2-1-3-5(6)7-9-11-12-10-7/h1-3,6-7H,4,8H2,(H,9,12)(H,10,11). The van der Waals surface area contributed by atoms with Crippen LogP contribution >= 0.6 is 0 Å². The van der Waals surface area contributed by atoms with Gasteiger partial charge in [0.25, 0.3) is 0 Å². The molecule has 0 amide bonds. The lowest BCUT2D eigenvalue weighted by atomic mass is 9.98. The van der Waals surface area contributed by atoms with E-state index in [4.69, 9.17) is 5.73 Å². The van der Waals surface area contributed by atoms with Crippen molar-refractivity contribution in [2.24, 2.45) is 16.1 Å². The van der Waals surface area contributed by atoms with Crippen LogP contribution in [-0.2, 0) is 0 Å². The number of hydrogen-bond acceptors (Lipinski definition) is 5. The van der Waals surface area contributed by atoms with Gasteiger partial charge < -0.3 is 5.73 Å². The van der Waals surface area contributed by atoms with Gasteiger partial charge in [0.2, 0.25) is 0 Å². The number of hydrogen-bond donors (Lipinski definition) is 3. The minimum Gasteiger partial charge on any atom is -0.324 e. The molecule has 0 fully saturated rings. The topological polar surface area (TPSA) is 74.8 Å². The minimum absolute atomic E-state index is 0.0614. The molecule has 1 aliphatic carbocycles. The fourth-order valence-corrected chi connectivity index (χ4v) is 1.31. The molecule has 0 bridgehead atoms. The molecule has 5 nitrogen and oxygen atoms in total. The maximum Gasteiger partial charge on any atom is 0.164 e. The second-order valence-electron chi connectivity index (χ2n) is 2.81. The lowest BCUT2D eigenvalue weighted by Gasteiger charge is -2.19. The van der Waals surface area contributed by atoms with E-state index in [1.807, 2.05) is 18.2 Å². The highest BCUT2D eigenvalue weighted by Gasteiger charge is 2.22. The number of allylic oxidation sites excluding steroid dienone is 2. The summed E-state index contributed by atoms with van der Waals surface area (Å²) in [5.41, 5.74) is 12.4. The Hall–Kier alpha value is -1.20. The first-order valence-electron chi connectivity index (χ1n) is 3.90. The lowest BCUT2D eigenvalue weighted by molar-refractivity contribution is 0.547. The molecule has 0 aromatic heterocycles. The van der Waals surface area contributed by atoms with Crippen molar-refractivity contribution >= 4 is 0 Å². The second kappa shape index (κ2) is 3.04. The molecule has 0 saturated heterocycles. The van der Waals surface area contributed by atoms with Crippen LogP contribution in [0.5, 0.6) is 0 Å². The fraction of sp³-hybridized carbons (Fsp3) is 0.429. The second-order valence-corrected chi connectivity index (χ2v) is 2.81. The first-order chi connectivity index (χ1) is 5.88. The van der Waals surface area contributed by atoms with Crippen molar-refractivity contribution in [1.29, 1.82) is 0 Å². The van der Waals surface area contributed by atoms with Crippen molar-refractivity contribution in [2.75, 3.05) is 0 Å². The Labute approximate surface area is 70.4 Å². The molecule has 0 radical (unpaired) electrons. The lowest BCUT2D eigenvalue weighted by Crippen LogP contribution is -2.38. The number of nitrogens with two attached hydrogens (primary N) is 1. The van der Waals surface area contributed by atoms with Gasteiger partial charge in [0.15, 0.2) is 6.17 Å². The summed E-state index contributed by atoms with van der Waals surface area (Å²) in [7, 11) is 0. The van der Waals surface area contributed by atoms with Crippen molar-refractivity contribution in [3.63, 3.8) is 0 Å². The van der Waals surface area contributed by atoms with Gasteiger partial charge in [0.1, 0.15) is 0 Å². The van der Waals surface area contributed by atoms with Crippen molar-refractivity contribution in [3.8, 4) is 0 Å². The van der Waals surface area contributed by atoms with E-state index in [0.29, 0.717) is 0 Å². The van der Waals surface area contributed by atoms with Crippen molar-refractivity contribution in [3.05, 3.63) is 23.8 Å². The van der Waals surface area contributed by atoms with Gasteiger partial charge in [-0.3, -0.25) is 0 Å². The molecule has 5 heteroatoms. The summed E-state index contributed by atoms with van der Waals surface area (Å²) in [5.74, 6) is 0.